The highest BCUT2D eigenvalue weighted by molar-refractivity contribution is 5.80. The van der Waals surface area contributed by atoms with E-state index in [1.807, 2.05) is 42.1 Å². The molecule has 7 heteroatoms. The van der Waals surface area contributed by atoms with Crippen molar-refractivity contribution in [2.24, 2.45) is 7.05 Å². The molecule has 0 aliphatic rings. The SMILES string of the molecule is COc1cccc(C(NC(=O)Cc2cc(OC)ccc2OC)c2nccn2C)c1. The van der Waals surface area contributed by atoms with Gasteiger partial charge in [0.15, 0.2) is 0 Å². The van der Waals surface area contributed by atoms with E-state index in [0.29, 0.717) is 17.2 Å². The van der Waals surface area contributed by atoms with Gasteiger partial charge in [-0.15, -0.1) is 0 Å². The zero-order valence-corrected chi connectivity index (χ0v) is 17.0. The maximum absolute atomic E-state index is 12.9. The van der Waals surface area contributed by atoms with Gasteiger partial charge in [-0.05, 0) is 35.9 Å². The first-order valence-corrected chi connectivity index (χ1v) is 9.17. The van der Waals surface area contributed by atoms with Crippen molar-refractivity contribution in [3.05, 3.63) is 71.8 Å². The molecule has 0 saturated carbocycles. The van der Waals surface area contributed by atoms with Crippen molar-refractivity contribution < 1.29 is 19.0 Å². The van der Waals surface area contributed by atoms with Gasteiger partial charge in [-0.25, -0.2) is 4.98 Å². The number of aromatic nitrogens is 2. The lowest BCUT2D eigenvalue weighted by molar-refractivity contribution is -0.121. The lowest BCUT2D eigenvalue weighted by Crippen LogP contribution is -2.32. The number of hydrogen-bond acceptors (Lipinski definition) is 5. The first kappa shape index (κ1) is 20.3. The zero-order valence-electron chi connectivity index (χ0n) is 17.0. The number of rotatable bonds is 8. The molecule has 29 heavy (non-hydrogen) atoms. The summed E-state index contributed by atoms with van der Waals surface area (Å²) in [5.74, 6) is 2.58. The Hall–Kier alpha value is -3.48. The van der Waals surface area contributed by atoms with Crippen molar-refractivity contribution in [2.75, 3.05) is 21.3 Å². The summed E-state index contributed by atoms with van der Waals surface area (Å²) >= 11 is 0. The topological polar surface area (TPSA) is 74.6 Å². The van der Waals surface area contributed by atoms with E-state index in [0.717, 1.165) is 17.0 Å². The van der Waals surface area contributed by atoms with Crippen LogP contribution in [0.25, 0.3) is 0 Å². The van der Waals surface area contributed by atoms with Gasteiger partial charge in [0.1, 0.15) is 29.1 Å². The van der Waals surface area contributed by atoms with E-state index >= 15 is 0 Å². The second kappa shape index (κ2) is 9.14. The van der Waals surface area contributed by atoms with Crippen LogP contribution in [-0.2, 0) is 18.3 Å². The van der Waals surface area contributed by atoms with E-state index in [2.05, 4.69) is 10.3 Å². The molecule has 1 N–H and O–H groups in total. The molecule has 0 radical (unpaired) electrons. The maximum Gasteiger partial charge on any atom is 0.225 e. The van der Waals surface area contributed by atoms with Crippen LogP contribution in [0.3, 0.4) is 0 Å². The summed E-state index contributed by atoms with van der Waals surface area (Å²) in [4.78, 5) is 17.4. The predicted octanol–water partition coefficient (Wildman–Crippen LogP) is 2.89. The van der Waals surface area contributed by atoms with Gasteiger partial charge in [-0.3, -0.25) is 4.79 Å². The summed E-state index contributed by atoms with van der Waals surface area (Å²) in [5, 5.41) is 3.09. The van der Waals surface area contributed by atoms with Crippen LogP contribution in [0.5, 0.6) is 17.2 Å². The fraction of sp³-hybridized carbons (Fsp3) is 0.273. The Morgan fingerprint density at radius 1 is 1.07 bits per heavy atom. The lowest BCUT2D eigenvalue weighted by Gasteiger charge is -2.20. The van der Waals surface area contributed by atoms with Gasteiger partial charge in [0.2, 0.25) is 5.91 Å². The van der Waals surface area contributed by atoms with Gasteiger partial charge in [0.05, 0.1) is 27.8 Å². The first-order valence-electron chi connectivity index (χ1n) is 9.17. The number of amides is 1. The third kappa shape index (κ3) is 4.68. The van der Waals surface area contributed by atoms with Crippen LogP contribution in [0.2, 0.25) is 0 Å². The van der Waals surface area contributed by atoms with E-state index in [1.54, 1.807) is 45.7 Å². The first-order chi connectivity index (χ1) is 14.0. The standard InChI is InChI=1S/C22H25N3O4/c1-25-11-10-23-22(25)21(15-6-5-7-17(12-15)27-2)24-20(26)14-16-13-18(28-3)8-9-19(16)29-4/h5-13,21H,14H2,1-4H3,(H,24,26). The molecule has 1 amide bonds. The summed E-state index contributed by atoms with van der Waals surface area (Å²) in [5.41, 5.74) is 1.62. The largest absolute Gasteiger partial charge is 0.497 e. The molecule has 7 nitrogen and oxygen atoms in total. The van der Waals surface area contributed by atoms with Gasteiger partial charge in [-0.1, -0.05) is 12.1 Å². The Labute approximate surface area is 170 Å². The van der Waals surface area contributed by atoms with Crippen molar-refractivity contribution in [3.8, 4) is 17.2 Å². The summed E-state index contributed by atoms with van der Waals surface area (Å²) in [7, 11) is 6.68. The van der Waals surface area contributed by atoms with Gasteiger partial charge in [-0.2, -0.15) is 0 Å². The molecule has 0 saturated heterocycles. The summed E-state index contributed by atoms with van der Waals surface area (Å²) in [6.07, 6.45) is 3.70. The molecule has 1 atom stereocenters. The molecule has 2 aromatic carbocycles. The average Bonchev–Trinajstić information content (AvgIpc) is 3.17. The Kier molecular flexibility index (Phi) is 6.39. The Morgan fingerprint density at radius 2 is 1.83 bits per heavy atom. The minimum atomic E-state index is -0.422. The van der Waals surface area contributed by atoms with Crippen LogP contribution in [0.15, 0.2) is 54.9 Å². The molecule has 0 bridgehead atoms. The number of methoxy groups -OCH3 is 3. The molecule has 0 spiro atoms. The van der Waals surface area contributed by atoms with Crippen molar-refractivity contribution in [1.82, 2.24) is 14.9 Å². The van der Waals surface area contributed by atoms with E-state index in [1.165, 1.54) is 0 Å². The smallest absolute Gasteiger partial charge is 0.225 e. The second-order valence-electron chi connectivity index (χ2n) is 6.53. The number of ether oxygens (including phenoxy) is 3. The van der Waals surface area contributed by atoms with Crippen LogP contribution in [0, 0.1) is 0 Å². The molecule has 0 aliphatic heterocycles. The van der Waals surface area contributed by atoms with Crippen molar-refractivity contribution in [3.63, 3.8) is 0 Å². The zero-order chi connectivity index (χ0) is 20.8. The molecular weight excluding hydrogens is 370 g/mol. The number of carbonyl (C=O) groups is 1. The van der Waals surface area contributed by atoms with Gasteiger partial charge >= 0.3 is 0 Å². The number of aryl methyl sites for hydroxylation is 1. The predicted molar refractivity (Wildman–Crippen MR) is 109 cm³/mol. The number of carbonyl (C=O) groups excluding carboxylic acids is 1. The summed E-state index contributed by atoms with van der Waals surface area (Å²) < 4.78 is 17.9. The van der Waals surface area contributed by atoms with E-state index in [9.17, 15) is 4.79 Å². The van der Waals surface area contributed by atoms with Crippen LogP contribution in [0.1, 0.15) is 23.0 Å². The molecular formula is C22H25N3O4. The van der Waals surface area contributed by atoms with Gasteiger partial charge in [0, 0.05) is 25.0 Å². The number of nitrogens with zero attached hydrogens (tertiary/aromatic N) is 2. The van der Waals surface area contributed by atoms with Crippen LogP contribution in [-0.4, -0.2) is 36.8 Å². The van der Waals surface area contributed by atoms with Crippen LogP contribution >= 0.6 is 0 Å². The van der Waals surface area contributed by atoms with Crippen molar-refractivity contribution >= 4 is 5.91 Å². The number of imidazole rings is 1. The minimum absolute atomic E-state index is 0.144. The van der Waals surface area contributed by atoms with E-state index in [-0.39, 0.29) is 12.3 Å². The van der Waals surface area contributed by atoms with Crippen LogP contribution < -0.4 is 19.5 Å². The van der Waals surface area contributed by atoms with E-state index < -0.39 is 6.04 Å². The fourth-order valence-corrected chi connectivity index (χ4v) is 3.18. The molecule has 1 aromatic heterocycles. The summed E-state index contributed by atoms with van der Waals surface area (Å²) in [6.45, 7) is 0. The molecule has 1 unspecified atom stereocenters. The monoisotopic (exact) mass is 395 g/mol. The van der Waals surface area contributed by atoms with Crippen LogP contribution in [0.4, 0.5) is 0 Å². The quantitative estimate of drug-likeness (QED) is 0.635. The Morgan fingerprint density at radius 3 is 2.48 bits per heavy atom. The third-order valence-electron chi connectivity index (χ3n) is 4.69. The summed E-state index contributed by atoms with van der Waals surface area (Å²) in [6, 6.07) is 12.6. The van der Waals surface area contributed by atoms with Gasteiger partial charge < -0.3 is 24.1 Å². The van der Waals surface area contributed by atoms with Crippen molar-refractivity contribution in [2.45, 2.75) is 12.5 Å². The molecule has 3 aromatic rings. The maximum atomic E-state index is 12.9. The lowest BCUT2D eigenvalue weighted by atomic mass is 10.0. The number of nitrogens with one attached hydrogen (secondary N) is 1. The molecule has 0 fully saturated rings. The fourth-order valence-electron chi connectivity index (χ4n) is 3.18. The Balaban J connectivity index is 1.88. The van der Waals surface area contributed by atoms with E-state index in [4.69, 9.17) is 14.2 Å². The second-order valence-corrected chi connectivity index (χ2v) is 6.53. The Bertz CT molecular complexity index is 984. The third-order valence-corrected chi connectivity index (χ3v) is 4.69. The molecule has 3 rings (SSSR count). The molecule has 1 heterocycles. The average molecular weight is 395 g/mol. The number of hydrogen-bond donors (Lipinski definition) is 1. The highest BCUT2D eigenvalue weighted by atomic mass is 16.5. The molecule has 152 valence electrons. The normalized spacial score (nSPS) is 11.6. The van der Waals surface area contributed by atoms with Gasteiger partial charge in [0.25, 0.3) is 0 Å². The highest BCUT2D eigenvalue weighted by Gasteiger charge is 2.22. The number of benzene rings is 2. The van der Waals surface area contributed by atoms with Crippen molar-refractivity contribution in [1.29, 1.82) is 0 Å². The highest BCUT2D eigenvalue weighted by Crippen LogP contribution is 2.27. The minimum Gasteiger partial charge on any atom is -0.497 e. The molecule has 0 aliphatic carbocycles.